The first-order valence-electron chi connectivity index (χ1n) is 26.1. The van der Waals surface area contributed by atoms with Crippen LogP contribution in [0.3, 0.4) is 0 Å². The molecule has 1 aromatic heterocycles. The first-order valence-corrected chi connectivity index (χ1v) is 22.9. The molecular formula is C59H68N2S. The normalized spacial score (nSPS) is 16.9. The fourth-order valence-electron chi connectivity index (χ4n) is 8.73. The summed E-state index contributed by atoms with van der Waals surface area (Å²) in [7, 11) is 0. The number of fused-ring (bicyclic) bond motifs is 2. The Morgan fingerprint density at radius 2 is 1.03 bits per heavy atom. The maximum Gasteiger partial charge on any atom is 0.101 e. The van der Waals surface area contributed by atoms with E-state index in [1.165, 1.54) is 22.3 Å². The molecule has 62 heavy (non-hydrogen) atoms. The first kappa shape index (κ1) is 34.4. The monoisotopic (exact) mass is 845 g/mol. The lowest BCUT2D eigenvalue weighted by Gasteiger charge is -2.41. The summed E-state index contributed by atoms with van der Waals surface area (Å²) in [6.07, 6.45) is 2.09. The van der Waals surface area contributed by atoms with Gasteiger partial charge in [0.1, 0.15) is 5.00 Å². The molecule has 0 atom stereocenters. The molecule has 6 aromatic carbocycles. The second-order valence-electron chi connectivity index (χ2n) is 21.8. The lowest BCUT2D eigenvalue weighted by atomic mass is 9.63. The molecular weight excluding hydrogens is 769 g/mol. The average molecular weight is 845 g/mol. The molecule has 0 unspecified atom stereocenters. The van der Waals surface area contributed by atoms with Gasteiger partial charge in [0, 0.05) is 33.0 Å². The van der Waals surface area contributed by atoms with Gasteiger partial charge in [-0.3, -0.25) is 0 Å². The van der Waals surface area contributed by atoms with Crippen molar-refractivity contribution in [1.82, 2.24) is 0 Å². The van der Waals surface area contributed by atoms with Gasteiger partial charge in [-0.2, -0.15) is 0 Å². The maximum absolute atomic E-state index is 10.1. The molecule has 1 aliphatic carbocycles. The van der Waals surface area contributed by atoms with Gasteiger partial charge < -0.3 is 9.80 Å². The fraction of sp³-hybridized carbons (Fsp3) is 0.356. The summed E-state index contributed by atoms with van der Waals surface area (Å²) >= 11 is 1.55. The average Bonchev–Trinajstić information content (AvgIpc) is 3.68. The molecule has 3 heteroatoms. The molecule has 0 radical (unpaired) electrons. The van der Waals surface area contributed by atoms with Crippen molar-refractivity contribution in [3.63, 3.8) is 0 Å². The molecule has 1 heterocycles. The third-order valence-electron chi connectivity index (χ3n) is 12.8. The quantitative estimate of drug-likeness (QED) is 0.158. The van der Waals surface area contributed by atoms with Crippen molar-refractivity contribution >= 4 is 54.9 Å². The summed E-state index contributed by atoms with van der Waals surface area (Å²) in [4.78, 5) is 4.14. The van der Waals surface area contributed by atoms with Crippen molar-refractivity contribution in [2.45, 2.75) is 137 Å². The van der Waals surface area contributed by atoms with E-state index in [-0.39, 0.29) is 62.2 Å². The predicted molar refractivity (Wildman–Crippen MR) is 273 cm³/mol. The van der Waals surface area contributed by atoms with E-state index in [1.54, 1.807) is 11.3 Å². The smallest absolute Gasteiger partial charge is 0.101 e. The zero-order valence-electron chi connectivity index (χ0n) is 47.3. The van der Waals surface area contributed by atoms with Crippen LogP contribution in [-0.4, -0.2) is 0 Å². The first-order chi connectivity index (χ1) is 32.3. The van der Waals surface area contributed by atoms with Crippen LogP contribution in [0.1, 0.15) is 147 Å². The van der Waals surface area contributed by atoms with E-state index in [0.717, 1.165) is 45.6 Å². The minimum absolute atomic E-state index is 0.0115. The van der Waals surface area contributed by atoms with Gasteiger partial charge in [-0.25, -0.2) is 0 Å². The van der Waals surface area contributed by atoms with Crippen LogP contribution in [0.25, 0.3) is 21.2 Å². The second kappa shape index (κ2) is 15.6. The zero-order chi connectivity index (χ0) is 51.5. The Hall–Kier alpha value is -5.12. The molecule has 2 nitrogen and oxygen atoms in total. The molecule has 0 aliphatic heterocycles. The Labute approximate surface area is 388 Å². The summed E-state index contributed by atoms with van der Waals surface area (Å²) in [6.45, 7) is 30.1. The van der Waals surface area contributed by atoms with Crippen LogP contribution < -0.4 is 9.80 Å². The van der Waals surface area contributed by atoms with E-state index < -0.39 is 35.6 Å². The molecule has 0 bridgehead atoms. The molecule has 0 N–H and O–H groups in total. The molecule has 0 saturated carbocycles. The number of hydrogen-bond donors (Lipinski definition) is 0. The fourth-order valence-corrected chi connectivity index (χ4v) is 9.84. The van der Waals surface area contributed by atoms with Crippen LogP contribution in [0.2, 0.25) is 0 Å². The number of aryl methyl sites for hydroxylation is 1. The largest absolute Gasteiger partial charge is 0.310 e. The number of benzene rings is 6. The molecule has 0 fully saturated rings. The Morgan fingerprint density at radius 3 is 1.55 bits per heavy atom. The van der Waals surface area contributed by atoms with Gasteiger partial charge in [0.15, 0.2) is 0 Å². The summed E-state index contributed by atoms with van der Waals surface area (Å²) in [5, 5.41) is 1.71. The summed E-state index contributed by atoms with van der Waals surface area (Å²) < 4.78 is 75.9. The van der Waals surface area contributed by atoms with Gasteiger partial charge >= 0.3 is 0 Å². The van der Waals surface area contributed by atoms with Crippen molar-refractivity contribution in [2.24, 2.45) is 0 Å². The number of anilines is 6. The van der Waals surface area contributed by atoms with E-state index in [0.29, 0.717) is 10.7 Å². The Balaban J connectivity index is 1.51. The van der Waals surface area contributed by atoms with Crippen LogP contribution in [0.4, 0.5) is 33.4 Å². The van der Waals surface area contributed by atoms with E-state index in [1.807, 2.05) is 38.7 Å². The van der Waals surface area contributed by atoms with E-state index in [4.69, 9.17) is 4.11 Å². The van der Waals surface area contributed by atoms with E-state index >= 15 is 0 Å². The molecule has 0 saturated heterocycles. The Morgan fingerprint density at radius 1 is 0.532 bits per heavy atom. The van der Waals surface area contributed by atoms with Crippen LogP contribution in [0, 0.1) is 6.92 Å². The molecule has 0 amide bonds. The Kier molecular flexibility index (Phi) is 8.65. The SMILES string of the molecule is [2H]c1c([2H])c([2H])c(-c2c([2H])c(C(C)(C)C)c([2H])c([2H])c2N(c2cc(C)cc(N(c3ccc(C(C)(C)C)cc3)c3ccc(C(C)(C)C)cc3)c2)c2cc3cc4c(cc3s2)C(C)(C)CCC4(C)C)c([2H])c1[2H]. The van der Waals surface area contributed by atoms with Gasteiger partial charge in [-0.1, -0.05) is 151 Å². The lowest BCUT2D eigenvalue weighted by Crippen LogP contribution is -2.33. The summed E-state index contributed by atoms with van der Waals surface area (Å²) in [5.41, 5.74) is 8.37. The zero-order valence-corrected chi connectivity index (χ0v) is 40.1. The van der Waals surface area contributed by atoms with Crippen LogP contribution in [-0.2, 0) is 27.1 Å². The summed E-state index contributed by atoms with van der Waals surface area (Å²) in [6, 6.07) is 27.2. The number of nitrogens with zero attached hydrogens (tertiary/aromatic N) is 2. The molecule has 320 valence electrons. The van der Waals surface area contributed by atoms with Crippen molar-refractivity contribution in [3.05, 3.63) is 167 Å². The van der Waals surface area contributed by atoms with Crippen LogP contribution >= 0.6 is 11.3 Å². The third-order valence-corrected chi connectivity index (χ3v) is 13.8. The third kappa shape index (κ3) is 8.50. The minimum Gasteiger partial charge on any atom is -0.310 e. The summed E-state index contributed by atoms with van der Waals surface area (Å²) in [5.74, 6) is 0. The topological polar surface area (TPSA) is 6.48 Å². The predicted octanol–water partition coefficient (Wildman–Crippen LogP) is 18.1. The van der Waals surface area contributed by atoms with Gasteiger partial charge in [-0.15, -0.1) is 11.3 Å². The molecule has 1 aliphatic rings. The molecule has 8 rings (SSSR count). The second-order valence-corrected chi connectivity index (χ2v) is 22.9. The van der Waals surface area contributed by atoms with Crippen molar-refractivity contribution in [1.29, 1.82) is 0 Å². The highest BCUT2D eigenvalue weighted by Crippen LogP contribution is 2.52. The van der Waals surface area contributed by atoms with Crippen molar-refractivity contribution < 1.29 is 11.0 Å². The highest BCUT2D eigenvalue weighted by Gasteiger charge is 2.37. The van der Waals surface area contributed by atoms with E-state index in [9.17, 15) is 6.85 Å². The molecule has 7 aromatic rings. The van der Waals surface area contributed by atoms with Gasteiger partial charge in [0.25, 0.3) is 0 Å². The van der Waals surface area contributed by atoms with Gasteiger partial charge in [0.2, 0.25) is 0 Å². The molecule has 0 spiro atoms. The highest BCUT2D eigenvalue weighted by atomic mass is 32.1. The highest BCUT2D eigenvalue weighted by molar-refractivity contribution is 7.23. The van der Waals surface area contributed by atoms with Gasteiger partial charge in [-0.05, 0) is 164 Å². The van der Waals surface area contributed by atoms with Crippen molar-refractivity contribution in [2.75, 3.05) is 9.80 Å². The lowest BCUT2D eigenvalue weighted by molar-refractivity contribution is 0.332. The standard InChI is InChI=1S/C59H68N2S/c1-39-32-47(60(45-25-20-42(21-26-45)55(2,3)4)46-27-22-43(23-28-46)56(5,6)7)37-48(33-39)61(52-29-24-44(57(8,9)10)36-49(52)40-18-16-15-17-19-40)54-35-41-34-50-51(38-53(41)62-54)59(13,14)31-30-58(50,11)12/h15-29,32-38H,30-31H2,1-14H3/i15D,16D,17D,18D,19D,24D,29D,36D. The number of thiophene rings is 1. The van der Waals surface area contributed by atoms with E-state index in [2.05, 4.69) is 153 Å². The Bertz CT molecular complexity index is 3060. The number of hydrogen-bond acceptors (Lipinski definition) is 3. The minimum atomic E-state index is -0.812. The van der Waals surface area contributed by atoms with Crippen molar-refractivity contribution in [3.8, 4) is 11.1 Å². The van der Waals surface area contributed by atoms with Gasteiger partial charge in [0.05, 0.1) is 16.7 Å². The van der Waals surface area contributed by atoms with Crippen LogP contribution in [0.5, 0.6) is 0 Å². The maximum atomic E-state index is 10.1. The number of rotatable bonds is 7. The van der Waals surface area contributed by atoms with Crippen LogP contribution in [0.15, 0.2) is 133 Å².